The van der Waals surface area contributed by atoms with Gasteiger partial charge in [-0.25, -0.2) is 0 Å². The lowest BCUT2D eigenvalue weighted by Crippen LogP contribution is -2.37. The van der Waals surface area contributed by atoms with Crippen LogP contribution < -0.4 is 5.32 Å². The molecule has 0 bridgehead atoms. The molecule has 1 heterocycles. The summed E-state index contributed by atoms with van der Waals surface area (Å²) in [5.74, 6) is 0.179. The summed E-state index contributed by atoms with van der Waals surface area (Å²) >= 11 is 9.69. The number of hydrogen-bond donors (Lipinski definition) is 1. The van der Waals surface area contributed by atoms with Gasteiger partial charge >= 0.3 is 0 Å². The summed E-state index contributed by atoms with van der Waals surface area (Å²) in [5, 5.41) is 4.43. The minimum Gasteiger partial charge on any atom is -0.376 e. The van der Waals surface area contributed by atoms with Crippen molar-refractivity contribution < 1.29 is 4.79 Å². The van der Waals surface area contributed by atoms with E-state index in [1.165, 1.54) is 5.56 Å². The molecule has 34 heavy (non-hydrogen) atoms. The maximum absolute atomic E-state index is 13.4. The molecule has 172 valence electrons. The number of benzene rings is 3. The first-order valence-corrected chi connectivity index (χ1v) is 12.5. The third kappa shape index (κ3) is 4.21. The van der Waals surface area contributed by atoms with Crippen LogP contribution in [0.25, 0.3) is 16.9 Å². The second-order valence-corrected chi connectivity index (χ2v) is 11.0. The second kappa shape index (κ2) is 8.75. The van der Waals surface area contributed by atoms with Gasteiger partial charge in [0.15, 0.2) is 5.78 Å². The predicted octanol–water partition coefficient (Wildman–Crippen LogP) is 8.63. The number of fused-ring (bicyclic) bond motifs is 1. The summed E-state index contributed by atoms with van der Waals surface area (Å²) in [4.78, 5) is 13.4. The average molecular weight is 534 g/mol. The Morgan fingerprint density at radius 2 is 1.62 bits per heavy atom. The molecule has 1 N–H and O–H groups in total. The Labute approximate surface area is 213 Å². The van der Waals surface area contributed by atoms with E-state index in [-0.39, 0.29) is 17.2 Å². The van der Waals surface area contributed by atoms with Gasteiger partial charge in [-0.05, 0) is 72.5 Å². The van der Waals surface area contributed by atoms with Crippen molar-refractivity contribution in [3.05, 3.63) is 105 Å². The summed E-state index contributed by atoms with van der Waals surface area (Å²) in [6, 6.07) is 26.5. The first kappa shape index (κ1) is 22.9. The molecule has 1 unspecified atom stereocenters. The fraction of sp³-hybridized carbons (Fsp3) is 0.207. The van der Waals surface area contributed by atoms with E-state index in [2.05, 4.69) is 89.0 Å². The Kier molecular flexibility index (Phi) is 5.91. The van der Waals surface area contributed by atoms with E-state index >= 15 is 0 Å². The molecule has 1 aromatic heterocycles. The number of aromatic nitrogens is 1. The van der Waals surface area contributed by atoms with Gasteiger partial charge in [-0.2, -0.15) is 0 Å². The van der Waals surface area contributed by atoms with E-state index < -0.39 is 0 Å². The highest BCUT2D eigenvalue weighted by Crippen LogP contribution is 2.48. The molecule has 0 radical (unpaired) electrons. The molecule has 0 aliphatic heterocycles. The second-order valence-electron chi connectivity index (χ2n) is 9.68. The summed E-state index contributed by atoms with van der Waals surface area (Å²) in [5.41, 5.74) is 6.78. The minimum atomic E-state index is -0.292. The van der Waals surface area contributed by atoms with Gasteiger partial charge in [0, 0.05) is 32.9 Å². The molecule has 4 aromatic rings. The molecule has 3 aromatic carbocycles. The van der Waals surface area contributed by atoms with Crippen LogP contribution in [0.1, 0.15) is 47.9 Å². The average Bonchev–Trinajstić information content (AvgIpc) is 3.19. The van der Waals surface area contributed by atoms with Crippen LogP contribution in [0.2, 0.25) is 5.02 Å². The lowest BCUT2D eigenvalue weighted by Gasteiger charge is -2.40. The monoisotopic (exact) mass is 532 g/mol. The van der Waals surface area contributed by atoms with Gasteiger partial charge in [0.2, 0.25) is 0 Å². The van der Waals surface area contributed by atoms with Gasteiger partial charge in [-0.3, -0.25) is 4.79 Å². The van der Waals surface area contributed by atoms with Crippen molar-refractivity contribution in [2.75, 3.05) is 5.32 Å². The molecule has 0 saturated carbocycles. The van der Waals surface area contributed by atoms with Crippen molar-refractivity contribution in [2.24, 2.45) is 5.41 Å². The van der Waals surface area contributed by atoms with Crippen molar-refractivity contribution in [1.82, 2.24) is 4.57 Å². The number of carbonyl (C=O) groups excluding carboxylic acids is 1. The zero-order valence-electron chi connectivity index (χ0n) is 19.4. The summed E-state index contributed by atoms with van der Waals surface area (Å²) in [7, 11) is 0. The van der Waals surface area contributed by atoms with E-state index in [0.29, 0.717) is 11.4 Å². The highest BCUT2D eigenvalue weighted by atomic mass is 79.9. The zero-order chi connectivity index (χ0) is 24.0. The number of carbonyl (C=O) groups is 1. The fourth-order valence-electron chi connectivity index (χ4n) is 4.80. The molecule has 0 saturated heterocycles. The van der Waals surface area contributed by atoms with E-state index in [9.17, 15) is 4.79 Å². The van der Waals surface area contributed by atoms with Gasteiger partial charge in [-0.15, -0.1) is 0 Å². The number of halogens is 2. The SMILES string of the molecule is Cc1ccc(-c2cc3c(n2-c2ccc(Br)cc2)C(Nc2ccc(Cl)cc2)C(C)(C)CC3=O)cc1. The molecule has 5 rings (SSSR count). The number of nitrogens with zero attached hydrogens (tertiary/aromatic N) is 1. The molecule has 3 nitrogen and oxygen atoms in total. The van der Waals surface area contributed by atoms with E-state index in [1.54, 1.807) is 0 Å². The maximum atomic E-state index is 13.4. The lowest BCUT2D eigenvalue weighted by atomic mass is 9.72. The van der Waals surface area contributed by atoms with Gasteiger partial charge in [0.1, 0.15) is 0 Å². The molecule has 5 heteroatoms. The van der Waals surface area contributed by atoms with E-state index in [0.717, 1.165) is 38.4 Å². The smallest absolute Gasteiger partial charge is 0.165 e. The van der Waals surface area contributed by atoms with Gasteiger partial charge in [-0.1, -0.05) is 71.2 Å². The van der Waals surface area contributed by atoms with Crippen molar-refractivity contribution in [1.29, 1.82) is 0 Å². The first-order valence-electron chi connectivity index (χ1n) is 11.4. The quantitative estimate of drug-likeness (QED) is 0.285. The van der Waals surface area contributed by atoms with Crippen LogP contribution in [0.3, 0.4) is 0 Å². The van der Waals surface area contributed by atoms with Crippen molar-refractivity contribution in [3.63, 3.8) is 0 Å². The Hall–Kier alpha value is -2.82. The highest BCUT2D eigenvalue weighted by molar-refractivity contribution is 9.10. The summed E-state index contributed by atoms with van der Waals surface area (Å²) in [6.07, 6.45) is 0.475. The van der Waals surface area contributed by atoms with E-state index in [1.807, 2.05) is 36.4 Å². The maximum Gasteiger partial charge on any atom is 0.165 e. The van der Waals surface area contributed by atoms with Crippen molar-refractivity contribution >= 4 is 39.0 Å². The Balaban J connectivity index is 1.76. The molecule has 1 aliphatic rings. The van der Waals surface area contributed by atoms with Gasteiger partial charge < -0.3 is 9.88 Å². The lowest BCUT2D eigenvalue weighted by molar-refractivity contribution is 0.0891. The molecular formula is C29H26BrClN2O. The van der Waals surface area contributed by atoms with Crippen LogP contribution in [-0.2, 0) is 0 Å². The topological polar surface area (TPSA) is 34.0 Å². The van der Waals surface area contributed by atoms with Crippen LogP contribution in [0, 0.1) is 12.3 Å². The third-order valence-electron chi connectivity index (χ3n) is 6.60. The molecular weight excluding hydrogens is 508 g/mol. The summed E-state index contributed by atoms with van der Waals surface area (Å²) in [6.45, 7) is 6.40. The number of Topliss-reactive ketones (excluding diaryl/α,β-unsaturated/α-hetero) is 1. The normalized spacial score (nSPS) is 16.9. The Bertz CT molecular complexity index is 1350. The van der Waals surface area contributed by atoms with Crippen molar-refractivity contribution in [2.45, 2.75) is 33.2 Å². The third-order valence-corrected chi connectivity index (χ3v) is 7.38. The van der Waals surface area contributed by atoms with Crippen molar-refractivity contribution in [3.8, 4) is 16.9 Å². The molecule has 1 atom stereocenters. The number of ketones is 1. The summed E-state index contributed by atoms with van der Waals surface area (Å²) < 4.78 is 3.26. The highest BCUT2D eigenvalue weighted by Gasteiger charge is 2.43. The number of rotatable bonds is 4. The standard InChI is InChI=1S/C29H26BrClN2O/c1-18-4-6-19(7-5-18)25-16-24-26(34)17-29(2,3)28(32-22-12-10-21(31)11-13-22)27(24)33(25)23-14-8-20(30)9-15-23/h4-16,28,32H,17H2,1-3H3. The van der Waals surface area contributed by atoms with Crippen LogP contribution >= 0.6 is 27.5 Å². The number of nitrogens with one attached hydrogen (secondary N) is 1. The van der Waals surface area contributed by atoms with Crippen LogP contribution in [0.5, 0.6) is 0 Å². The first-order chi connectivity index (χ1) is 16.2. The minimum absolute atomic E-state index is 0.0794. The number of hydrogen-bond acceptors (Lipinski definition) is 2. The molecule has 1 aliphatic carbocycles. The largest absolute Gasteiger partial charge is 0.376 e. The van der Waals surface area contributed by atoms with Crippen LogP contribution in [0.15, 0.2) is 83.3 Å². The fourth-order valence-corrected chi connectivity index (χ4v) is 5.19. The number of anilines is 1. The molecule has 0 amide bonds. The molecule has 0 fully saturated rings. The predicted molar refractivity (Wildman–Crippen MR) is 144 cm³/mol. The number of aryl methyl sites for hydroxylation is 1. The van der Waals surface area contributed by atoms with Gasteiger partial charge in [0.25, 0.3) is 0 Å². The Morgan fingerprint density at radius 1 is 0.971 bits per heavy atom. The van der Waals surface area contributed by atoms with Gasteiger partial charge in [0.05, 0.1) is 17.4 Å². The molecule has 0 spiro atoms. The Morgan fingerprint density at radius 3 is 2.26 bits per heavy atom. The van der Waals surface area contributed by atoms with Crippen LogP contribution in [-0.4, -0.2) is 10.4 Å². The zero-order valence-corrected chi connectivity index (χ0v) is 21.7. The van der Waals surface area contributed by atoms with E-state index in [4.69, 9.17) is 11.6 Å². The van der Waals surface area contributed by atoms with Crippen LogP contribution in [0.4, 0.5) is 5.69 Å².